The Morgan fingerprint density at radius 1 is 1.26 bits per heavy atom. The number of hydrogen-bond donors (Lipinski definition) is 1. The summed E-state index contributed by atoms with van der Waals surface area (Å²) in [4.78, 5) is 34.3. The number of carbonyl (C=O) groups excluding carboxylic acids is 3. The molecule has 1 rings (SSSR count). The number of aryl methyl sites for hydroxylation is 1. The quantitative estimate of drug-likeness (QED) is 0.614. The molecular formula is C11H15N3O5. The molecule has 0 fully saturated rings. The van der Waals surface area contributed by atoms with Crippen LogP contribution in [0.3, 0.4) is 0 Å². The molecule has 1 amide bonds. The zero-order valence-electron chi connectivity index (χ0n) is 10.9. The van der Waals surface area contributed by atoms with E-state index in [0.717, 1.165) is 0 Å². The summed E-state index contributed by atoms with van der Waals surface area (Å²) in [5.74, 6) is -2.55. The van der Waals surface area contributed by atoms with Gasteiger partial charge in [0.1, 0.15) is 11.4 Å². The lowest BCUT2D eigenvalue weighted by Gasteiger charge is -2.07. The van der Waals surface area contributed by atoms with E-state index in [1.54, 1.807) is 13.8 Å². The summed E-state index contributed by atoms with van der Waals surface area (Å²) in [6.45, 7) is 3.52. The molecule has 0 aliphatic carbocycles. The van der Waals surface area contributed by atoms with Crippen LogP contribution in [-0.2, 0) is 26.1 Å². The molecule has 8 nitrogen and oxygen atoms in total. The molecule has 0 spiro atoms. The van der Waals surface area contributed by atoms with E-state index in [-0.39, 0.29) is 24.6 Å². The molecule has 0 saturated heterocycles. The minimum absolute atomic E-state index is 0.0713. The third-order valence-corrected chi connectivity index (χ3v) is 2.13. The van der Waals surface area contributed by atoms with Crippen LogP contribution < -0.4 is 5.32 Å². The third-order valence-electron chi connectivity index (χ3n) is 2.13. The molecule has 104 valence electrons. The van der Waals surface area contributed by atoms with E-state index < -0.39 is 17.8 Å². The lowest BCUT2D eigenvalue weighted by Crippen LogP contribution is -2.27. The summed E-state index contributed by atoms with van der Waals surface area (Å²) in [5.41, 5.74) is 0.0713. The summed E-state index contributed by atoms with van der Waals surface area (Å²) in [5, 5.41) is 6.10. The maximum absolute atomic E-state index is 11.6. The number of hydrogen-bond acceptors (Lipinski definition) is 6. The molecule has 0 bridgehead atoms. The van der Waals surface area contributed by atoms with Crippen molar-refractivity contribution in [3.63, 3.8) is 0 Å². The predicted octanol–water partition coefficient (Wildman–Crippen LogP) is 0.0984. The largest absolute Gasteiger partial charge is 0.462 e. The topological polar surface area (TPSA) is 99.5 Å². The van der Waals surface area contributed by atoms with Crippen molar-refractivity contribution in [1.82, 2.24) is 9.78 Å². The fourth-order valence-corrected chi connectivity index (χ4v) is 1.30. The average Bonchev–Trinajstić information content (AvgIpc) is 2.72. The smallest absolute Gasteiger partial charge is 0.397 e. The van der Waals surface area contributed by atoms with Crippen molar-refractivity contribution in [3.8, 4) is 0 Å². The first-order valence-electron chi connectivity index (χ1n) is 5.68. The van der Waals surface area contributed by atoms with E-state index in [4.69, 9.17) is 4.74 Å². The highest BCUT2D eigenvalue weighted by Gasteiger charge is 2.22. The molecule has 0 aromatic carbocycles. The second-order valence-corrected chi connectivity index (χ2v) is 3.43. The van der Waals surface area contributed by atoms with Crippen LogP contribution in [0.5, 0.6) is 0 Å². The molecule has 1 aromatic rings. The molecule has 0 aliphatic rings. The normalized spacial score (nSPS) is 9.84. The third kappa shape index (κ3) is 3.54. The van der Waals surface area contributed by atoms with Gasteiger partial charge in [-0.2, -0.15) is 5.10 Å². The number of esters is 2. The van der Waals surface area contributed by atoms with Crippen LogP contribution in [0.2, 0.25) is 0 Å². The maximum Gasteiger partial charge on any atom is 0.397 e. The first-order valence-corrected chi connectivity index (χ1v) is 5.68. The lowest BCUT2D eigenvalue weighted by molar-refractivity contribution is -0.152. The average molecular weight is 269 g/mol. The first-order chi connectivity index (χ1) is 9.01. The van der Waals surface area contributed by atoms with Gasteiger partial charge in [-0.05, 0) is 13.8 Å². The molecule has 1 N–H and O–H groups in total. The van der Waals surface area contributed by atoms with Crippen molar-refractivity contribution >= 4 is 23.7 Å². The Morgan fingerprint density at radius 3 is 2.47 bits per heavy atom. The Bertz CT molecular complexity index is 495. The lowest BCUT2D eigenvalue weighted by atomic mass is 10.3. The zero-order valence-corrected chi connectivity index (χ0v) is 10.9. The summed E-state index contributed by atoms with van der Waals surface area (Å²) in [6, 6.07) is 0. The predicted molar refractivity (Wildman–Crippen MR) is 64.4 cm³/mol. The van der Waals surface area contributed by atoms with E-state index in [1.165, 1.54) is 17.9 Å². The van der Waals surface area contributed by atoms with E-state index in [1.807, 2.05) is 0 Å². The summed E-state index contributed by atoms with van der Waals surface area (Å²) >= 11 is 0. The van der Waals surface area contributed by atoms with E-state index in [0.29, 0.717) is 0 Å². The Hall–Kier alpha value is -2.38. The number of anilines is 1. The van der Waals surface area contributed by atoms with Gasteiger partial charge in [0.25, 0.3) is 0 Å². The molecule has 1 heterocycles. The molecule has 0 atom stereocenters. The van der Waals surface area contributed by atoms with Gasteiger partial charge in [-0.15, -0.1) is 0 Å². The molecule has 0 saturated carbocycles. The summed E-state index contributed by atoms with van der Waals surface area (Å²) in [6.07, 6.45) is 1.25. The van der Waals surface area contributed by atoms with Gasteiger partial charge in [-0.25, -0.2) is 9.59 Å². The van der Waals surface area contributed by atoms with Gasteiger partial charge in [-0.3, -0.25) is 9.48 Å². The second kappa shape index (κ2) is 6.53. The molecule has 0 unspecified atom stereocenters. The van der Waals surface area contributed by atoms with Crippen LogP contribution in [0.15, 0.2) is 6.20 Å². The fraction of sp³-hybridized carbons (Fsp3) is 0.455. The highest BCUT2D eigenvalue weighted by atomic mass is 16.5. The van der Waals surface area contributed by atoms with Crippen LogP contribution in [0.25, 0.3) is 0 Å². The molecule has 0 aliphatic heterocycles. The second-order valence-electron chi connectivity index (χ2n) is 3.43. The van der Waals surface area contributed by atoms with Crippen molar-refractivity contribution in [3.05, 3.63) is 11.8 Å². The minimum Gasteiger partial charge on any atom is -0.462 e. The van der Waals surface area contributed by atoms with Gasteiger partial charge >= 0.3 is 17.8 Å². The maximum atomic E-state index is 11.6. The SMILES string of the molecule is CCOC(=O)C(=O)Nc1c(C(=O)OCC)cnn1C. The van der Waals surface area contributed by atoms with Crippen LogP contribution in [0.4, 0.5) is 5.82 Å². The van der Waals surface area contributed by atoms with Crippen LogP contribution >= 0.6 is 0 Å². The Morgan fingerprint density at radius 2 is 1.89 bits per heavy atom. The van der Waals surface area contributed by atoms with Crippen molar-refractivity contribution in [2.75, 3.05) is 18.5 Å². The highest BCUT2D eigenvalue weighted by molar-refractivity contribution is 6.37. The molecule has 8 heteroatoms. The fourth-order valence-electron chi connectivity index (χ4n) is 1.30. The number of aromatic nitrogens is 2. The van der Waals surface area contributed by atoms with Crippen molar-refractivity contribution < 1.29 is 23.9 Å². The summed E-state index contributed by atoms with van der Waals surface area (Å²) in [7, 11) is 1.52. The van der Waals surface area contributed by atoms with Gasteiger partial charge in [-0.1, -0.05) is 0 Å². The van der Waals surface area contributed by atoms with Crippen LogP contribution in [-0.4, -0.2) is 40.8 Å². The van der Waals surface area contributed by atoms with Gasteiger partial charge in [0.2, 0.25) is 0 Å². The summed E-state index contributed by atoms with van der Waals surface area (Å²) < 4.78 is 10.6. The van der Waals surface area contributed by atoms with E-state index in [2.05, 4.69) is 15.2 Å². The number of nitrogens with zero attached hydrogens (tertiary/aromatic N) is 2. The number of carbonyl (C=O) groups is 3. The standard InChI is InChI=1S/C11H15N3O5/c1-4-18-10(16)7-6-12-14(3)8(7)13-9(15)11(17)19-5-2/h6H,4-5H2,1-3H3,(H,13,15). The minimum atomic E-state index is -1.03. The van der Waals surface area contributed by atoms with Crippen molar-refractivity contribution in [2.45, 2.75) is 13.8 Å². The van der Waals surface area contributed by atoms with E-state index in [9.17, 15) is 14.4 Å². The molecule has 19 heavy (non-hydrogen) atoms. The number of ether oxygens (including phenoxy) is 2. The molecule has 0 radical (unpaired) electrons. The number of rotatable bonds is 4. The van der Waals surface area contributed by atoms with Gasteiger partial charge < -0.3 is 14.8 Å². The van der Waals surface area contributed by atoms with Gasteiger partial charge in [0, 0.05) is 7.05 Å². The Kier molecular flexibility index (Phi) is 5.04. The number of amides is 1. The monoisotopic (exact) mass is 269 g/mol. The first kappa shape index (κ1) is 14.7. The highest BCUT2D eigenvalue weighted by Crippen LogP contribution is 2.15. The van der Waals surface area contributed by atoms with Crippen molar-refractivity contribution in [2.24, 2.45) is 7.05 Å². The Labute approximate surface area is 109 Å². The zero-order chi connectivity index (χ0) is 14.4. The van der Waals surface area contributed by atoms with Crippen molar-refractivity contribution in [1.29, 1.82) is 0 Å². The van der Waals surface area contributed by atoms with E-state index >= 15 is 0 Å². The number of nitrogens with one attached hydrogen (secondary N) is 1. The van der Waals surface area contributed by atoms with Gasteiger partial charge in [0.15, 0.2) is 0 Å². The molecular weight excluding hydrogens is 254 g/mol. The van der Waals surface area contributed by atoms with Crippen LogP contribution in [0, 0.1) is 0 Å². The Balaban J connectivity index is 2.89. The molecule has 1 aromatic heterocycles. The van der Waals surface area contributed by atoms with Gasteiger partial charge in [0.05, 0.1) is 19.4 Å². The van der Waals surface area contributed by atoms with Crippen LogP contribution in [0.1, 0.15) is 24.2 Å².